The lowest BCUT2D eigenvalue weighted by molar-refractivity contribution is -0.137. The van der Waals surface area contributed by atoms with Crippen LogP contribution in [0.15, 0.2) is 59.0 Å². The van der Waals surface area contributed by atoms with E-state index in [1.54, 1.807) is 6.92 Å². The smallest absolute Gasteiger partial charge is 0.416 e. The molecule has 2 aromatic carbocycles. The van der Waals surface area contributed by atoms with E-state index in [1.165, 1.54) is 12.1 Å². The molecule has 0 unspecified atom stereocenters. The molecule has 1 N–H and O–H groups in total. The number of aryl methyl sites for hydroxylation is 1. The Morgan fingerprint density at radius 2 is 1.68 bits per heavy atom. The zero-order valence-electron chi connectivity index (χ0n) is 15.4. The summed E-state index contributed by atoms with van der Waals surface area (Å²) < 4.78 is 43.8. The maximum Gasteiger partial charge on any atom is 0.416 e. The summed E-state index contributed by atoms with van der Waals surface area (Å²) in [5, 5.41) is 9.36. The number of benzene rings is 2. The number of alkyl halides is 3. The van der Waals surface area contributed by atoms with E-state index in [-0.39, 0.29) is 12.5 Å². The number of aromatic nitrogens is 1. The van der Waals surface area contributed by atoms with Gasteiger partial charge in [0, 0.05) is 25.2 Å². The van der Waals surface area contributed by atoms with Crippen molar-refractivity contribution in [1.29, 1.82) is 0 Å². The Kier molecular flexibility index (Phi) is 6.16. The van der Waals surface area contributed by atoms with E-state index in [0.29, 0.717) is 36.7 Å². The van der Waals surface area contributed by atoms with E-state index in [0.717, 1.165) is 17.7 Å². The third kappa shape index (κ3) is 4.99. The molecule has 3 aromatic rings. The lowest BCUT2D eigenvalue weighted by atomic mass is 10.1. The summed E-state index contributed by atoms with van der Waals surface area (Å²) in [5.74, 6) is 0.885. The molecule has 0 atom stereocenters. The summed E-state index contributed by atoms with van der Waals surface area (Å²) in [6.07, 6.45) is -4.38. The Morgan fingerprint density at radius 3 is 2.29 bits per heavy atom. The molecular formula is C21H21F3N2O2. The minimum Gasteiger partial charge on any atom is -0.441 e. The summed E-state index contributed by atoms with van der Waals surface area (Å²) >= 11 is 0. The minimum absolute atomic E-state index is 0.00942. The molecule has 28 heavy (non-hydrogen) atoms. The Bertz CT molecular complexity index is 890. The first-order valence-electron chi connectivity index (χ1n) is 8.88. The summed E-state index contributed by atoms with van der Waals surface area (Å²) in [6.45, 7) is 3.36. The van der Waals surface area contributed by atoms with Crippen LogP contribution in [0.25, 0.3) is 11.5 Å². The molecule has 0 bridgehead atoms. The number of aliphatic hydroxyl groups is 1. The summed E-state index contributed by atoms with van der Waals surface area (Å²) in [4.78, 5) is 6.50. The van der Waals surface area contributed by atoms with Crippen molar-refractivity contribution < 1.29 is 22.7 Å². The summed E-state index contributed by atoms with van der Waals surface area (Å²) in [5.41, 5.74) is 1.58. The molecule has 148 valence electrons. The number of hydrogen-bond acceptors (Lipinski definition) is 4. The van der Waals surface area contributed by atoms with Gasteiger partial charge in [0.15, 0.2) is 0 Å². The maximum atomic E-state index is 12.7. The monoisotopic (exact) mass is 390 g/mol. The normalized spacial score (nSPS) is 11.9. The Hall–Kier alpha value is -2.64. The maximum absolute atomic E-state index is 12.7. The van der Waals surface area contributed by atoms with Crippen LogP contribution in [0.5, 0.6) is 0 Å². The Morgan fingerprint density at radius 1 is 1.00 bits per heavy atom. The van der Waals surface area contributed by atoms with E-state index in [2.05, 4.69) is 4.98 Å². The quantitative estimate of drug-likeness (QED) is 0.637. The van der Waals surface area contributed by atoms with Gasteiger partial charge < -0.3 is 9.52 Å². The van der Waals surface area contributed by atoms with Crippen LogP contribution in [-0.2, 0) is 19.3 Å². The lowest BCUT2D eigenvalue weighted by Crippen LogP contribution is -2.26. The third-order valence-electron chi connectivity index (χ3n) is 4.39. The van der Waals surface area contributed by atoms with Crippen molar-refractivity contribution in [2.24, 2.45) is 0 Å². The van der Waals surface area contributed by atoms with Crippen molar-refractivity contribution in [1.82, 2.24) is 9.88 Å². The van der Waals surface area contributed by atoms with Crippen LogP contribution >= 0.6 is 0 Å². The molecule has 0 saturated carbocycles. The van der Waals surface area contributed by atoms with Gasteiger partial charge in [0.1, 0.15) is 5.76 Å². The largest absolute Gasteiger partial charge is 0.441 e. The van der Waals surface area contributed by atoms with Crippen LogP contribution in [0.4, 0.5) is 13.2 Å². The fraction of sp³-hybridized carbons (Fsp3) is 0.286. The molecule has 0 aliphatic rings. The number of nitrogens with zero attached hydrogens (tertiary/aromatic N) is 2. The van der Waals surface area contributed by atoms with Gasteiger partial charge in [-0.1, -0.05) is 30.3 Å². The molecular weight excluding hydrogens is 369 g/mol. The number of halogens is 3. The van der Waals surface area contributed by atoms with Crippen molar-refractivity contribution >= 4 is 0 Å². The van der Waals surface area contributed by atoms with Crippen molar-refractivity contribution in [2.75, 3.05) is 13.2 Å². The summed E-state index contributed by atoms with van der Waals surface area (Å²) in [6, 6.07) is 14.6. The van der Waals surface area contributed by atoms with E-state index < -0.39 is 11.7 Å². The van der Waals surface area contributed by atoms with Gasteiger partial charge in [0.05, 0.1) is 17.9 Å². The molecule has 0 aliphatic carbocycles. The second-order valence-electron chi connectivity index (χ2n) is 6.52. The first-order chi connectivity index (χ1) is 13.4. The van der Waals surface area contributed by atoms with E-state index >= 15 is 0 Å². The van der Waals surface area contributed by atoms with Crippen molar-refractivity contribution in [2.45, 2.75) is 26.2 Å². The Labute approximate surface area is 161 Å². The molecule has 4 nitrogen and oxygen atoms in total. The van der Waals surface area contributed by atoms with Crippen LogP contribution in [-0.4, -0.2) is 28.1 Å². The summed E-state index contributed by atoms with van der Waals surface area (Å²) in [7, 11) is 0. The van der Waals surface area contributed by atoms with Gasteiger partial charge in [0.2, 0.25) is 5.89 Å². The third-order valence-corrected chi connectivity index (χ3v) is 4.39. The zero-order chi connectivity index (χ0) is 20.1. The highest BCUT2D eigenvalue weighted by atomic mass is 19.4. The molecule has 0 fully saturated rings. The predicted molar refractivity (Wildman–Crippen MR) is 99.3 cm³/mol. The van der Waals surface area contributed by atoms with Crippen molar-refractivity contribution in [3.05, 3.63) is 77.2 Å². The molecule has 0 amide bonds. The lowest BCUT2D eigenvalue weighted by Gasteiger charge is -2.20. The molecule has 0 spiro atoms. The van der Waals surface area contributed by atoms with Crippen molar-refractivity contribution in [3.8, 4) is 11.5 Å². The van der Waals surface area contributed by atoms with E-state index in [1.807, 2.05) is 35.2 Å². The van der Waals surface area contributed by atoms with Gasteiger partial charge in [-0.15, -0.1) is 0 Å². The molecule has 0 radical (unpaired) electrons. The van der Waals surface area contributed by atoms with Crippen LogP contribution < -0.4 is 0 Å². The second-order valence-corrected chi connectivity index (χ2v) is 6.52. The fourth-order valence-electron chi connectivity index (χ4n) is 2.91. The Balaban J connectivity index is 1.77. The van der Waals surface area contributed by atoms with Gasteiger partial charge in [-0.2, -0.15) is 13.2 Å². The van der Waals surface area contributed by atoms with Gasteiger partial charge in [-0.05, 0) is 36.8 Å². The van der Waals surface area contributed by atoms with Crippen LogP contribution in [0.3, 0.4) is 0 Å². The number of aliphatic hydroxyl groups excluding tert-OH is 1. The number of hydrogen-bond donors (Lipinski definition) is 1. The topological polar surface area (TPSA) is 49.5 Å². The molecule has 0 saturated heterocycles. The minimum atomic E-state index is -4.38. The van der Waals surface area contributed by atoms with Crippen LogP contribution in [0, 0.1) is 6.92 Å². The first kappa shape index (κ1) is 20.1. The standard InChI is InChI=1S/C21H21F3N2O2/c1-15-19(14-26(11-12-27)13-16-5-3-2-4-6-16)25-20(28-15)17-7-9-18(10-8-17)21(22,23)24/h2-10,27H,11-14H2,1H3. The highest BCUT2D eigenvalue weighted by Gasteiger charge is 2.30. The SMILES string of the molecule is Cc1oc(-c2ccc(C(F)(F)F)cc2)nc1CN(CCO)Cc1ccccc1. The van der Waals surface area contributed by atoms with Crippen LogP contribution in [0.2, 0.25) is 0 Å². The fourth-order valence-corrected chi connectivity index (χ4v) is 2.91. The van der Waals surface area contributed by atoms with E-state index in [9.17, 15) is 18.3 Å². The highest BCUT2D eigenvalue weighted by Crippen LogP contribution is 2.31. The van der Waals surface area contributed by atoms with Gasteiger partial charge >= 0.3 is 6.18 Å². The van der Waals surface area contributed by atoms with Gasteiger partial charge in [0.25, 0.3) is 0 Å². The average molecular weight is 390 g/mol. The number of rotatable bonds is 7. The van der Waals surface area contributed by atoms with Gasteiger partial charge in [-0.25, -0.2) is 4.98 Å². The van der Waals surface area contributed by atoms with Gasteiger partial charge in [-0.3, -0.25) is 4.90 Å². The molecule has 0 aliphatic heterocycles. The van der Waals surface area contributed by atoms with Crippen molar-refractivity contribution in [3.63, 3.8) is 0 Å². The van der Waals surface area contributed by atoms with E-state index in [4.69, 9.17) is 4.42 Å². The highest BCUT2D eigenvalue weighted by molar-refractivity contribution is 5.54. The molecule has 1 aromatic heterocycles. The second kappa shape index (κ2) is 8.58. The zero-order valence-corrected chi connectivity index (χ0v) is 15.4. The molecule has 1 heterocycles. The van der Waals surface area contributed by atoms with Crippen LogP contribution in [0.1, 0.15) is 22.6 Å². The number of oxazole rings is 1. The first-order valence-corrected chi connectivity index (χ1v) is 8.88. The predicted octanol–water partition coefficient (Wildman–Crippen LogP) is 4.66. The molecule has 7 heteroatoms. The molecule has 3 rings (SSSR count). The average Bonchev–Trinajstić information content (AvgIpc) is 3.03.